The molecular weight excluding hydrogens is 233 g/mol. The summed E-state index contributed by atoms with van der Waals surface area (Å²) >= 11 is 0. The smallest absolute Gasteiger partial charge is 0.148 e. The molecule has 0 aliphatic carbocycles. The highest BCUT2D eigenvalue weighted by Crippen LogP contribution is 2.32. The van der Waals surface area contributed by atoms with Crippen LogP contribution in [-0.4, -0.2) is 23.9 Å². The number of nitrogens with one attached hydrogen (secondary N) is 2. The molecule has 96 valence electrons. The molecule has 0 aliphatic rings. The highest BCUT2D eigenvalue weighted by Gasteiger charge is 2.13. The lowest BCUT2D eigenvalue weighted by atomic mass is 10.1. The summed E-state index contributed by atoms with van der Waals surface area (Å²) in [6.07, 6.45) is 1.01. The van der Waals surface area contributed by atoms with Crippen molar-refractivity contribution in [3.8, 4) is 17.0 Å². The molecule has 0 saturated carbocycles. The molecule has 2 rings (SSSR count). The summed E-state index contributed by atoms with van der Waals surface area (Å²) in [5.41, 5.74) is 1.00. The molecule has 18 heavy (non-hydrogen) atoms. The number of rotatable bonds is 5. The van der Waals surface area contributed by atoms with Crippen LogP contribution in [0, 0.1) is 5.82 Å². The van der Waals surface area contributed by atoms with Gasteiger partial charge in [-0.25, -0.2) is 4.39 Å². The molecule has 0 saturated heterocycles. The van der Waals surface area contributed by atoms with E-state index in [0.29, 0.717) is 22.8 Å². The topological polar surface area (TPSA) is 49.9 Å². The zero-order valence-electron chi connectivity index (χ0n) is 10.5. The van der Waals surface area contributed by atoms with Crippen LogP contribution in [0.4, 0.5) is 10.2 Å². The van der Waals surface area contributed by atoms with Gasteiger partial charge in [0.1, 0.15) is 17.4 Å². The molecule has 4 nitrogen and oxygen atoms in total. The third kappa shape index (κ3) is 2.45. The summed E-state index contributed by atoms with van der Waals surface area (Å²) in [5.74, 6) is 0.859. The lowest BCUT2D eigenvalue weighted by molar-refractivity contribution is 0.413. The molecule has 0 spiro atoms. The van der Waals surface area contributed by atoms with E-state index in [9.17, 15) is 4.39 Å². The lowest BCUT2D eigenvalue weighted by Crippen LogP contribution is -1.99. The van der Waals surface area contributed by atoms with Crippen LogP contribution in [0.5, 0.6) is 5.75 Å². The number of benzene rings is 1. The molecule has 0 amide bonds. The summed E-state index contributed by atoms with van der Waals surface area (Å²) in [7, 11) is 1.52. The van der Waals surface area contributed by atoms with Crippen LogP contribution in [0.2, 0.25) is 0 Å². The molecular formula is C13H16FN3O. The fraction of sp³-hybridized carbons (Fsp3) is 0.308. The van der Waals surface area contributed by atoms with E-state index in [1.54, 1.807) is 18.2 Å². The van der Waals surface area contributed by atoms with Crippen LogP contribution in [0.15, 0.2) is 24.3 Å². The van der Waals surface area contributed by atoms with Crippen LogP contribution in [0.1, 0.15) is 13.3 Å². The number of H-pyrrole nitrogens is 1. The Morgan fingerprint density at radius 1 is 1.44 bits per heavy atom. The van der Waals surface area contributed by atoms with Gasteiger partial charge in [-0.05, 0) is 18.6 Å². The molecule has 5 heteroatoms. The highest BCUT2D eigenvalue weighted by molar-refractivity contribution is 5.70. The highest BCUT2D eigenvalue weighted by atomic mass is 19.1. The number of halogens is 1. The molecule has 0 fully saturated rings. The van der Waals surface area contributed by atoms with E-state index >= 15 is 0 Å². The summed E-state index contributed by atoms with van der Waals surface area (Å²) in [5, 5.41) is 10.0. The molecule has 2 N–H and O–H groups in total. The Labute approximate surface area is 105 Å². The van der Waals surface area contributed by atoms with Gasteiger partial charge in [-0.2, -0.15) is 5.10 Å². The Hall–Kier alpha value is -2.04. The van der Waals surface area contributed by atoms with Crippen LogP contribution < -0.4 is 10.1 Å². The molecule has 1 heterocycles. The summed E-state index contributed by atoms with van der Waals surface area (Å²) in [6, 6.07) is 6.51. The van der Waals surface area contributed by atoms with E-state index in [0.717, 1.165) is 13.0 Å². The normalized spacial score (nSPS) is 10.4. The number of aromatic amines is 1. The lowest BCUT2D eigenvalue weighted by Gasteiger charge is -2.06. The number of anilines is 1. The standard InChI is InChI=1S/C13H16FN3O/c1-3-7-15-12-8-10(16-17-12)13-9(14)5-4-6-11(13)18-2/h4-6,8H,3,7H2,1-2H3,(H2,15,16,17). The van der Waals surface area contributed by atoms with Crippen molar-refractivity contribution in [2.45, 2.75) is 13.3 Å². The second kappa shape index (κ2) is 5.53. The molecule has 0 atom stereocenters. The van der Waals surface area contributed by atoms with Crippen molar-refractivity contribution >= 4 is 5.82 Å². The van der Waals surface area contributed by atoms with Gasteiger partial charge in [-0.3, -0.25) is 5.10 Å². The first kappa shape index (κ1) is 12.4. The number of aromatic nitrogens is 2. The molecule has 0 radical (unpaired) electrons. The van der Waals surface area contributed by atoms with Crippen LogP contribution in [-0.2, 0) is 0 Å². The summed E-state index contributed by atoms with van der Waals surface area (Å²) in [6.45, 7) is 2.90. The number of hydrogen-bond acceptors (Lipinski definition) is 3. The van der Waals surface area contributed by atoms with Gasteiger partial charge >= 0.3 is 0 Å². The molecule has 0 bridgehead atoms. The Balaban J connectivity index is 2.33. The number of ether oxygens (including phenoxy) is 1. The van der Waals surface area contributed by atoms with Gasteiger partial charge in [-0.1, -0.05) is 13.0 Å². The monoisotopic (exact) mass is 249 g/mol. The van der Waals surface area contributed by atoms with Crippen molar-refractivity contribution in [2.24, 2.45) is 0 Å². The zero-order chi connectivity index (χ0) is 13.0. The first-order valence-electron chi connectivity index (χ1n) is 5.88. The van der Waals surface area contributed by atoms with E-state index in [4.69, 9.17) is 4.74 Å². The third-order valence-corrected chi connectivity index (χ3v) is 2.60. The van der Waals surface area contributed by atoms with Gasteiger partial charge < -0.3 is 10.1 Å². The van der Waals surface area contributed by atoms with E-state index in [1.165, 1.54) is 13.2 Å². The predicted octanol–water partition coefficient (Wildman–Crippen LogP) is 3.05. The van der Waals surface area contributed by atoms with Crippen molar-refractivity contribution in [3.63, 3.8) is 0 Å². The van der Waals surface area contributed by atoms with Crippen molar-refractivity contribution in [1.29, 1.82) is 0 Å². The first-order valence-corrected chi connectivity index (χ1v) is 5.88. The number of hydrogen-bond donors (Lipinski definition) is 2. The van der Waals surface area contributed by atoms with E-state index < -0.39 is 0 Å². The number of methoxy groups -OCH3 is 1. The molecule has 1 aromatic heterocycles. The Bertz CT molecular complexity index is 525. The van der Waals surface area contributed by atoms with Crippen LogP contribution in [0.25, 0.3) is 11.3 Å². The summed E-state index contributed by atoms with van der Waals surface area (Å²) < 4.78 is 19.0. The molecule has 2 aromatic rings. The average molecular weight is 249 g/mol. The first-order chi connectivity index (χ1) is 8.76. The molecule has 0 aliphatic heterocycles. The van der Waals surface area contributed by atoms with E-state index in [2.05, 4.69) is 22.4 Å². The Morgan fingerprint density at radius 3 is 3.00 bits per heavy atom. The maximum atomic E-state index is 13.8. The van der Waals surface area contributed by atoms with E-state index in [1.807, 2.05) is 0 Å². The fourth-order valence-electron chi connectivity index (χ4n) is 1.73. The quantitative estimate of drug-likeness (QED) is 0.856. The van der Waals surface area contributed by atoms with Gasteiger partial charge in [0.05, 0.1) is 18.4 Å². The Morgan fingerprint density at radius 2 is 2.28 bits per heavy atom. The minimum Gasteiger partial charge on any atom is -0.496 e. The van der Waals surface area contributed by atoms with Gasteiger partial charge in [0.15, 0.2) is 0 Å². The molecule has 0 unspecified atom stereocenters. The second-order valence-electron chi connectivity index (χ2n) is 3.91. The maximum Gasteiger partial charge on any atom is 0.148 e. The maximum absolute atomic E-state index is 13.8. The van der Waals surface area contributed by atoms with Crippen LogP contribution in [0.3, 0.4) is 0 Å². The van der Waals surface area contributed by atoms with E-state index in [-0.39, 0.29) is 5.82 Å². The van der Waals surface area contributed by atoms with Gasteiger partial charge in [0.25, 0.3) is 0 Å². The minimum absolute atomic E-state index is 0.333. The SMILES string of the molecule is CCCNc1cc(-c2c(F)cccc2OC)[nH]n1. The minimum atomic E-state index is -0.333. The largest absolute Gasteiger partial charge is 0.496 e. The van der Waals surface area contributed by atoms with Crippen molar-refractivity contribution in [3.05, 3.63) is 30.1 Å². The van der Waals surface area contributed by atoms with Gasteiger partial charge in [-0.15, -0.1) is 0 Å². The number of nitrogens with zero attached hydrogens (tertiary/aromatic N) is 1. The van der Waals surface area contributed by atoms with Gasteiger partial charge in [0, 0.05) is 12.6 Å². The summed E-state index contributed by atoms with van der Waals surface area (Å²) in [4.78, 5) is 0. The zero-order valence-corrected chi connectivity index (χ0v) is 10.5. The van der Waals surface area contributed by atoms with Gasteiger partial charge in [0.2, 0.25) is 0 Å². The second-order valence-corrected chi connectivity index (χ2v) is 3.91. The average Bonchev–Trinajstić information content (AvgIpc) is 2.84. The fourth-order valence-corrected chi connectivity index (χ4v) is 1.73. The Kier molecular flexibility index (Phi) is 3.82. The molecule has 1 aromatic carbocycles. The van der Waals surface area contributed by atoms with Crippen molar-refractivity contribution in [1.82, 2.24) is 10.2 Å². The van der Waals surface area contributed by atoms with Crippen LogP contribution >= 0.6 is 0 Å². The van der Waals surface area contributed by atoms with Crippen molar-refractivity contribution < 1.29 is 9.13 Å². The predicted molar refractivity (Wildman–Crippen MR) is 69.3 cm³/mol. The van der Waals surface area contributed by atoms with Crippen molar-refractivity contribution in [2.75, 3.05) is 19.0 Å². The third-order valence-electron chi connectivity index (χ3n) is 2.60.